The molecule has 0 aliphatic carbocycles. The van der Waals surface area contributed by atoms with Crippen molar-refractivity contribution in [2.75, 3.05) is 12.4 Å². The van der Waals surface area contributed by atoms with Gasteiger partial charge in [0.25, 0.3) is 5.91 Å². The van der Waals surface area contributed by atoms with Crippen LogP contribution >= 0.6 is 15.9 Å². The lowest BCUT2D eigenvalue weighted by molar-refractivity contribution is -0.142. The number of hydrogen-bond acceptors (Lipinski definition) is 4. The molecule has 2 aromatic heterocycles. The summed E-state index contributed by atoms with van der Waals surface area (Å²) in [5.74, 6) is -1.15. The third-order valence-electron chi connectivity index (χ3n) is 3.62. The van der Waals surface area contributed by atoms with Crippen LogP contribution in [0.2, 0.25) is 0 Å². The third kappa shape index (κ3) is 3.74. The zero-order chi connectivity index (χ0) is 19.8. The molecular formula is C14H16BrF3N6O2. The van der Waals surface area contributed by atoms with E-state index in [0.29, 0.717) is 0 Å². The van der Waals surface area contributed by atoms with Crippen molar-refractivity contribution in [3.05, 3.63) is 27.8 Å². The van der Waals surface area contributed by atoms with Gasteiger partial charge >= 0.3 is 6.18 Å². The van der Waals surface area contributed by atoms with Gasteiger partial charge < -0.3 is 10.6 Å². The van der Waals surface area contributed by atoms with Gasteiger partial charge in [0, 0.05) is 20.3 Å². The van der Waals surface area contributed by atoms with Gasteiger partial charge in [-0.3, -0.25) is 19.0 Å². The highest BCUT2D eigenvalue weighted by Crippen LogP contribution is 2.36. The average molecular weight is 437 g/mol. The smallest absolute Gasteiger partial charge is 0.354 e. The second-order valence-corrected chi connectivity index (χ2v) is 6.29. The number of rotatable bonds is 4. The Balaban J connectivity index is 2.31. The quantitative estimate of drug-likeness (QED) is 0.768. The first-order chi connectivity index (χ1) is 12.0. The van der Waals surface area contributed by atoms with Crippen molar-refractivity contribution >= 4 is 33.4 Å². The van der Waals surface area contributed by atoms with E-state index < -0.39 is 29.7 Å². The highest BCUT2D eigenvalue weighted by Gasteiger charge is 2.39. The van der Waals surface area contributed by atoms with E-state index in [1.54, 1.807) is 7.05 Å². The number of carbonyl (C=O) groups excluding carboxylic acids is 2. The fraction of sp³-hybridized carbons (Fsp3) is 0.429. The molecule has 2 amide bonds. The van der Waals surface area contributed by atoms with Crippen molar-refractivity contribution < 1.29 is 22.8 Å². The van der Waals surface area contributed by atoms with Crippen LogP contribution in [-0.4, -0.2) is 38.4 Å². The monoisotopic (exact) mass is 436 g/mol. The summed E-state index contributed by atoms with van der Waals surface area (Å²) < 4.78 is 41.0. The lowest BCUT2D eigenvalue weighted by Gasteiger charge is -2.14. The zero-order valence-electron chi connectivity index (χ0n) is 14.3. The fourth-order valence-electron chi connectivity index (χ4n) is 2.27. The van der Waals surface area contributed by atoms with Crippen LogP contribution in [0.5, 0.6) is 0 Å². The highest BCUT2D eigenvalue weighted by atomic mass is 79.9. The van der Waals surface area contributed by atoms with Crippen LogP contribution in [0.15, 0.2) is 10.7 Å². The summed E-state index contributed by atoms with van der Waals surface area (Å²) in [6, 6.07) is -1.06. The summed E-state index contributed by atoms with van der Waals surface area (Å²) in [5, 5.41) is 12.3. The van der Waals surface area contributed by atoms with Crippen molar-refractivity contribution in [3.8, 4) is 0 Å². The van der Waals surface area contributed by atoms with Crippen LogP contribution in [-0.2, 0) is 18.0 Å². The fourth-order valence-corrected chi connectivity index (χ4v) is 2.76. The lowest BCUT2D eigenvalue weighted by atomic mass is 10.2. The van der Waals surface area contributed by atoms with Gasteiger partial charge in [0.2, 0.25) is 5.91 Å². The molecule has 0 aliphatic heterocycles. The number of nitrogens with one attached hydrogen (secondary N) is 2. The van der Waals surface area contributed by atoms with E-state index in [-0.39, 0.29) is 21.5 Å². The molecule has 2 N–H and O–H groups in total. The highest BCUT2D eigenvalue weighted by molar-refractivity contribution is 9.10. The van der Waals surface area contributed by atoms with Crippen molar-refractivity contribution in [2.45, 2.75) is 26.1 Å². The molecule has 1 atom stereocenters. The number of anilines is 1. The van der Waals surface area contributed by atoms with E-state index in [2.05, 4.69) is 36.8 Å². The number of halogens is 4. The molecule has 0 fully saturated rings. The van der Waals surface area contributed by atoms with Gasteiger partial charge in [-0.1, -0.05) is 0 Å². The normalized spacial score (nSPS) is 12.8. The van der Waals surface area contributed by atoms with Gasteiger partial charge in [0.05, 0.1) is 15.9 Å². The van der Waals surface area contributed by atoms with Crippen molar-refractivity contribution in [1.82, 2.24) is 24.9 Å². The summed E-state index contributed by atoms with van der Waals surface area (Å²) in [5.41, 5.74) is -0.826. The second-order valence-electron chi connectivity index (χ2n) is 5.50. The van der Waals surface area contributed by atoms with Crippen molar-refractivity contribution in [2.24, 2.45) is 7.05 Å². The summed E-state index contributed by atoms with van der Waals surface area (Å²) in [7, 11) is 2.98. The summed E-state index contributed by atoms with van der Waals surface area (Å²) in [6.07, 6.45) is -3.23. The first kappa shape index (κ1) is 19.9. The minimum Gasteiger partial charge on any atom is -0.354 e. The third-order valence-corrected chi connectivity index (χ3v) is 4.57. The van der Waals surface area contributed by atoms with Crippen LogP contribution in [0.4, 0.5) is 18.9 Å². The SMILES string of the molecule is CNC(=O)c1nn(C)cc1NC(=O)C(C)n1nc(C(F)(F)F)c(Br)c1C. The predicted molar refractivity (Wildman–Crippen MR) is 89.6 cm³/mol. The number of hydrogen-bond donors (Lipinski definition) is 2. The van der Waals surface area contributed by atoms with Crippen LogP contribution in [0.25, 0.3) is 0 Å². The van der Waals surface area contributed by atoms with E-state index in [1.165, 1.54) is 31.8 Å². The summed E-state index contributed by atoms with van der Waals surface area (Å²) >= 11 is 2.86. The number of nitrogens with zero attached hydrogens (tertiary/aromatic N) is 4. The molecule has 12 heteroatoms. The zero-order valence-corrected chi connectivity index (χ0v) is 15.9. The number of alkyl halides is 3. The first-order valence-electron chi connectivity index (χ1n) is 7.35. The number of aromatic nitrogens is 4. The van der Waals surface area contributed by atoms with Crippen LogP contribution in [0.3, 0.4) is 0 Å². The van der Waals surface area contributed by atoms with Crippen LogP contribution in [0, 0.1) is 6.92 Å². The molecule has 142 valence electrons. The Hall–Kier alpha value is -2.37. The number of carbonyl (C=O) groups is 2. The van der Waals surface area contributed by atoms with E-state index in [1.807, 2.05) is 0 Å². The molecule has 0 spiro atoms. The Morgan fingerprint density at radius 3 is 2.42 bits per heavy atom. The Kier molecular flexibility index (Phi) is 5.44. The average Bonchev–Trinajstić information content (AvgIpc) is 3.06. The van der Waals surface area contributed by atoms with Crippen molar-refractivity contribution in [1.29, 1.82) is 0 Å². The van der Waals surface area contributed by atoms with Crippen molar-refractivity contribution in [3.63, 3.8) is 0 Å². The Morgan fingerprint density at radius 1 is 1.31 bits per heavy atom. The number of amides is 2. The molecule has 0 saturated carbocycles. The largest absolute Gasteiger partial charge is 0.436 e. The minimum absolute atomic E-state index is 0.00935. The summed E-state index contributed by atoms with van der Waals surface area (Å²) in [4.78, 5) is 24.3. The molecule has 0 aromatic carbocycles. The molecule has 0 radical (unpaired) electrons. The van der Waals surface area contributed by atoms with Gasteiger partial charge in [-0.15, -0.1) is 0 Å². The molecule has 2 heterocycles. The minimum atomic E-state index is -4.65. The van der Waals surface area contributed by atoms with E-state index >= 15 is 0 Å². The van der Waals surface area contributed by atoms with Gasteiger partial charge in [-0.2, -0.15) is 23.4 Å². The maximum absolute atomic E-state index is 13.0. The van der Waals surface area contributed by atoms with Gasteiger partial charge in [-0.25, -0.2) is 0 Å². The summed E-state index contributed by atoms with van der Waals surface area (Å²) in [6.45, 7) is 2.81. The predicted octanol–water partition coefficient (Wildman–Crippen LogP) is 2.27. The Bertz CT molecular complexity index is 858. The number of aryl methyl sites for hydroxylation is 1. The standard InChI is InChI=1S/C14H16BrF3N6O2/c1-6-9(15)11(14(16,17)18)22-24(6)7(2)12(25)20-8-5-23(4)21-10(8)13(26)19-3/h5,7H,1-4H3,(H,19,26)(H,20,25). The lowest BCUT2D eigenvalue weighted by Crippen LogP contribution is -2.27. The molecule has 0 saturated heterocycles. The molecule has 2 rings (SSSR count). The van der Waals surface area contributed by atoms with E-state index in [9.17, 15) is 22.8 Å². The molecule has 26 heavy (non-hydrogen) atoms. The molecule has 1 unspecified atom stereocenters. The van der Waals surface area contributed by atoms with Gasteiger partial charge in [0.15, 0.2) is 11.4 Å². The maximum Gasteiger partial charge on any atom is 0.436 e. The second kappa shape index (κ2) is 7.09. The topological polar surface area (TPSA) is 93.8 Å². The van der Waals surface area contributed by atoms with E-state index in [4.69, 9.17) is 0 Å². The van der Waals surface area contributed by atoms with Crippen LogP contribution in [0.1, 0.15) is 34.8 Å². The molecular weight excluding hydrogens is 421 g/mol. The van der Waals surface area contributed by atoms with Gasteiger partial charge in [0.1, 0.15) is 6.04 Å². The first-order valence-corrected chi connectivity index (χ1v) is 8.15. The Morgan fingerprint density at radius 2 is 1.92 bits per heavy atom. The van der Waals surface area contributed by atoms with Crippen LogP contribution < -0.4 is 10.6 Å². The van der Waals surface area contributed by atoms with Gasteiger partial charge in [-0.05, 0) is 29.8 Å². The maximum atomic E-state index is 13.0. The molecule has 0 aliphatic rings. The molecule has 8 nitrogen and oxygen atoms in total. The Labute approximate surface area is 154 Å². The molecule has 2 aromatic rings. The van der Waals surface area contributed by atoms with E-state index in [0.717, 1.165) is 4.68 Å². The molecule has 0 bridgehead atoms.